The number of fused-ring (bicyclic) bond motifs is 1. The highest BCUT2D eigenvalue weighted by Gasteiger charge is 2.31. The molecule has 0 saturated heterocycles. The molecule has 148 valence electrons. The van der Waals surface area contributed by atoms with Gasteiger partial charge in [-0.05, 0) is 36.7 Å². The van der Waals surface area contributed by atoms with E-state index in [4.69, 9.17) is 4.74 Å². The van der Waals surface area contributed by atoms with Gasteiger partial charge in [-0.1, -0.05) is 62.4 Å². The first-order chi connectivity index (χ1) is 13.6. The third-order valence-electron chi connectivity index (χ3n) is 5.34. The molecule has 5 heteroatoms. The van der Waals surface area contributed by atoms with Gasteiger partial charge in [-0.25, -0.2) is 4.79 Å². The standard InChI is InChI=1S/C23H28N2O3/c1-3-25(4-2)19(14-17-10-6-5-7-11-17)16-24-22(26)21-15-18-12-8-9-13-20(18)23(27)28-21/h5-13,19,21H,3-4,14-16H2,1-2H3,(H,24,26)/t19-,21-/m1/s1. The molecule has 5 nitrogen and oxygen atoms in total. The fourth-order valence-electron chi connectivity index (χ4n) is 3.77. The molecule has 0 radical (unpaired) electrons. The lowest BCUT2D eigenvalue weighted by Gasteiger charge is -2.31. The number of ether oxygens (including phenoxy) is 1. The number of cyclic esters (lactones) is 1. The minimum absolute atomic E-state index is 0.188. The number of carbonyl (C=O) groups is 2. The van der Waals surface area contributed by atoms with E-state index in [9.17, 15) is 9.59 Å². The molecule has 28 heavy (non-hydrogen) atoms. The van der Waals surface area contributed by atoms with E-state index in [2.05, 4.69) is 36.2 Å². The van der Waals surface area contributed by atoms with Gasteiger partial charge in [0.05, 0.1) is 5.56 Å². The number of amides is 1. The summed E-state index contributed by atoms with van der Waals surface area (Å²) in [5, 5.41) is 3.02. The monoisotopic (exact) mass is 380 g/mol. The number of likely N-dealkylation sites (N-methyl/N-ethyl adjacent to an activating group) is 1. The fourth-order valence-corrected chi connectivity index (χ4v) is 3.77. The molecule has 0 bridgehead atoms. The smallest absolute Gasteiger partial charge is 0.339 e. The van der Waals surface area contributed by atoms with Crippen molar-refractivity contribution in [2.24, 2.45) is 0 Å². The minimum Gasteiger partial charge on any atom is -0.448 e. The van der Waals surface area contributed by atoms with E-state index in [0.717, 1.165) is 25.1 Å². The van der Waals surface area contributed by atoms with Crippen LogP contribution in [0.5, 0.6) is 0 Å². The van der Waals surface area contributed by atoms with E-state index in [1.54, 1.807) is 12.1 Å². The maximum atomic E-state index is 12.7. The van der Waals surface area contributed by atoms with E-state index in [0.29, 0.717) is 18.5 Å². The molecule has 0 spiro atoms. The Morgan fingerprint density at radius 2 is 1.79 bits per heavy atom. The predicted molar refractivity (Wildman–Crippen MR) is 109 cm³/mol. The molecular weight excluding hydrogens is 352 g/mol. The Morgan fingerprint density at radius 3 is 2.50 bits per heavy atom. The highest BCUT2D eigenvalue weighted by molar-refractivity contribution is 5.95. The second kappa shape index (κ2) is 9.51. The van der Waals surface area contributed by atoms with Crippen LogP contribution in [0.25, 0.3) is 0 Å². The zero-order chi connectivity index (χ0) is 19.9. The topological polar surface area (TPSA) is 58.6 Å². The van der Waals surface area contributed by atoms with Gasteiger partial charge in [0.2, 0.25) is 0 Å². The second-order valence-electron chi connectivity index (χ2n) is 7.07. The molecule has 0 aromatic heterocycles. The predicted octanol–water partition coefficient (Wildman–Crippen LogP) is 2.84. The van der Waals surface area contributed by atoms with Gasteiger partial charge in [0.15, 0.2) is 6.10 Å². The van der Waals surface area contributed by atoms with E-state index in [1.165, 1.54) is 5.56 Å². The Kier molecular flexibility index (Phi) is 6.82. The molecule has 0 fully saturated rings. The number of benzene rings is 2. The average Bonchev–Trinajstić information content (AvgIpc) is 2.73. The van der Waals surface area contributed by atoms with Crippen molar-refractivity contribution in [2.75, 3.05) is 19.6 Å². The normalized spacial score (nSPS) is 17.0. The van der Waals surface area contributed by atoms with Crippen LogP contribution in [0, 0.1) is 0 Å². The number of nitrogens with zero attached hydrogens (tertiary/aromatic N) is 1. The van der Waals surface area contributed by atoms with Gasteiger partial charge in [0, 0.05) is 19.0 Å². The summed E-state index contributed by atoms with van der Waals surface area (Å²) in [6.45, 7) is 6.60. The molecular formula is C23H28N2O3. The first kappa shape index (κ1) is 20.1. The van der Waals surface area contributed by atoms with Crippen LogP contribution in [0.3, 0.4) is 0 Å². The molecule has 0 aliphatic carbocycles. The van der Waals surface area contributed by atoms with Crippen molar-refractivity contribution in [3.63, 3.8) is 0 Å². The molecule has 2 aromatic carbocycles. The maximum absolute atomic E-state index is 12.7. The summed E-state index contributed by atoms with van der Waals surface area (Å²) >= 11 is 0. The van der Waals surface area contributed by atoms with Crippen molar-refractivity contribution >= 4 is 11.9 Å². The number of rotatable bonds is 8. The molecule has 1 heterocycles. The number of carbonyl (C=O) groups excluding carboxylic acids is 2. The number of hydrogen-bond acceptors (Lipinski definition) is 4. The average molecular weight is 380 g/mol. The van der Waals surface area contributed by atoms with Crippen molar-refractivity contribution in [2.45, 2.75) is 38.8 Å². The molecule has 1 aliphatic rings. The number of hydrogen-bond donors (Lipinski definition) is 1. The van der Waals surface area contributed by atoms with Gasteiger partial charge in [0.1, 0.15) is 0 Å². The van der Waals surface area contributed by atoms with Crippen LogP contribution in [0.2, 0.25) is 0 Å². The molecule has 2 atom stereocenters. The quantitative estimate of drug-likeness (QED) is 0.716. The van der Waals surface area contributed by atoms with Crippen molar-refractivity contribution in [3.8, 4) is 0 Å². The van der Waals surface area contributed by atoms with E-state index in [1.807, 2.05) is 30.3 Å². The summed E-state index contributed by atoms with van der Waals surface area (Å²) in [5.74, 6) is -0.653. The summed E-state index contributed by atoms with van der Waals surface area (Å²) in [4.78, 5) is 27.2. The zero-order valence-corrected chi connectivity index (χ0v) is 16.6. The van der Waals surface area contributed by atoms with Crippen LogP contribution in [0.1, 0.15) is 35.3 Å². The molecule has 1 amide bonds. The lowest BCUT2D eigenvalue weighted by Crippen LogP contribution is -2.49. The van der Waals surface area contributed by atoms with Crippen molar-refractivity contribution in [1.29, 1.82) is 0 Å². The SMILES string of the molecule is CCN(CC)[C@@H](CNC(=O)[C@H]1Cc2ccccc2C(=O)O1)Cc1ccccc1. The fraction of sp³-hybridized carbons (Fsp3) is 0.391. The Hall–Kier alpha value is -2.66. The third-order valence-corrected chi connectivity index (χ3v) is 5.34. The first-order valence-electron chi connectivity index (χ1n) is 9.97. The molecule has 1 N–H and O–H groups in total. The van der Waals surface area contributed by atoms with Gasteiger partial charge in [-0.3, -0.25) is 9.69 Å². The molecule has 1 aliphatic heterocycles. The van der Waals surface area contributed by atoms with Crippen LogP contribution in [-0.4, -0.2) is 48.6 Å². The van der Waals surface area contributed by atoms with Crippen molar-refractivity contribution in [1.82, 2.24) is 10.2 Å². The molecule has 0 unspecified atom stereocenters. The third kappa shape index (κ3) is 4.78. The Morgan fingerprint density at radius 1 is 1.11 bits per heavy atom. The first-order valence-corrected chi connectivity index (χ1v) is 9.97. The van der Waals surface area contributed by atoms with Crippen LogP contribution in [-0.2, 0) is 22.4 Å². The van der Waals surface area contributed by atoms with E-state index < -0.39 is 12.1 Å². The van der Waals surface area contributed by atoms with Gasteiger partial charge >= 0.3 is 5.97 Å². The van der Waals surface area contributed by atoms with Gasteiger partial charge in [-0.15, -0.1) is 0 Å². The summed E-state index contributed by atoms with van der Waals surface area (Å²) < 4.78 is 5.37. The van der Waals surface area contributed by atoms with Crippen molar-refractivity contribution < 1.29 is 14.3 Å². The zero-order valence-electron chi connectivity index (χ0n) is 16.6. The Balaban J connectivity index is 1.64. The maximum Gasteiger partial charge on any atom is 0.339 e. The molecule has 0 saturated carbocycles. The Bertz CT molecular complexity index is 803. The van der Waals surface area contributed by atoms with Gasteiger partial charge in [0.25, 0.3) is 5.91 Å². The van der Waals surface area contributed by atoms with Crippen LogP contribution >= 0.6 is 0 Å². The highest BCUT2D eigenvalue weighted by Crippen LogP contribution is 2.20. The highest BCUT2D eigenvalue weighted by atomic mass is 16.5. The largest absolute Gasteiger partial charge is 0.448 e. The lowest BCUT2D eigenvalue weighted by atomic mass is 9.98. The second-order valence-corrected chi connectivity index (χ2v) is 7.07. The summed E-state index contributed by atoms with van der Waals surface area (Å²) in [5.41, 5.74) is 2.66. The number of nitrogens with one attached hydrogen (secondary N) is 1. The van der Waals surface area contributed by atoms with E-state index >= 15 is 0 Å². The number of esters is 1. The van der Waals surface area contributed by atoms with E-state index in [-0.39, 0.29) is 11.9 Å². The molecule has 2 aromatic rings. The summed E-state index contributed by atoms with van der Waals surface area (Å²) in [6.07, 6.45) is 0.509. The molecule has 3 rings (SSSR count). The minimum atomic E-state index is -0.767. The van der Waals surface area contributed by atoms with Crippen molar-refractivity contribution in [3.05, 3.63) is 71.3 Å². The summed E-state index contributed by atoms with van der Waals surface area (Å²) in [6, 6.07) is 17.8. The van der Waals surface area contributed by atoms with Crippen LogP contribution in [0.4, 0.5) is 0 Å². The summed E-state index contributed by atoms with van der Waals surface area (Å²) in [7, 11) is 0. The van der Waals surface area contributed by atoms with Crippen LogP contribution < -0.4 is 5.32 Å². The van der Waals surface area contributed by atoms with Gasteiger partial charge < -0.3 is 10.1 Å². The Labute approximate surface area is 166 Å². The lowest BCUT2D eigenvalue weighted by molar-refractivity contribution is -0.130. The van der Waals surface area contributed by atoms with Crippen LogP contribution in [0.15, 0.2) is 54.6 Å². The van der Waals surface area contributed by atoms with Gasteiger partial charge in [-0.2, -0.15) is 0 Å².